The largest absolute Gasteiger partial charge is 0.452 e. The van der Waals surface area contributed by atoms with Crippen LogP contribution >= 0.6 is 11.3 Å². The second kappa shape index (κ2) is 7.63. The molecule has 0 fully saturated rings. The molecule has 0 bridgehead atoms. The summed E-state index contributed by atoms with van der Waals surface area (Å²) in [6.45, 7) is 0. The average molecular weight is 379 g/mol. The SMILES string of the molecule is COC(=O)N/N=C1\CCCc2ccc(-c3cnc(-c4cccnc4)s3)nc21. The highest BCUT2D eigenvalue weighted by Crippen LogP contribution is 2.32. The van der Waals surface area contributed by atoms with Gasteiger partial charge in [0, 0.05) is 24.2 Å². The molecule has 1 aliphatic carbocycles. The van der Waals surface area contributed by atoms with E-state index >= 15 is 0 Å². The predicted octanol–water partition coefficient (Wildman–Crippen LogP) is 3.66. The van der Waals surface area contributed by atoms with Gasteiger partial charge in [-0.15, -0.1) is 11.3 Å². The van der Waals surface area contributed by atoms with E-state index < -0.39 is 6.09 Å². The number of hydrazone groups is 1. The molecule has 7 nitrogen and oxygen atoms in total. The Labute approximate surface area is 160 Å². The van der Waals surface area contributed by atoms with Gasteiger partial charge in [0.25, 0.3) is 0 Å². The van der Waals surface area contributed by atoms with Crippen molar-refractivity contribution in [3.63, 3.8) is 0 Å². The number of fused-ring (bicyclic) bond motifs is 1. The Kier molecular flexibility index (Phi) is 4.88. The smallest absolute Gasteiger partial charge is 0.427 e. The quantitative estimate of drug-likeness (QED) is 0.702. The first-order chi connectivity index (χ1) is 13.2. The van der Waals surface area contributed by atoms with E-state index in [-0.39, 0.29) is 0 Å². The van der Waals surface area contributed by atoms with Crippen LogP contribution in [0.15, 0.2) is 48.0 Å². The first-order valence-electron chi connectivity index (χ1n) is 8.52. The van der Waals surface area contributed by atoms with E-state index in [1.165, 1.54) is 7.11 Å². The molecule has 1 amide bonds. The van der Waals surface area contributed by atoms with Crippen LogP contribution in [0.3, 0.4) is 0 Å². The van der Waals surface area contributed by atoms with Crippen molar-refractivity contribution in [2.75, 3.05) is 7.11 Å². The monoisotopic (exact) mass is 379 g/mol. The average Bonchev–Trinajstić information content (AvgIpc) is 3.22. The molecule has 0 saturated heterocycles. The summed E-state index contributed by atoms with van der Waals surface area (Å²) in [6, 6.07) is 7.97. The number of carbonyl (C=O) groups excluding carboxylic acids is 1. The first kappa shape index (κ1) is 17.3. The van der Waals surface area contributed by atoms with Gasteiger partial charge in [-0.3, -0.25) is 4.98 Å². The number of nitrogens with one attached hydrogen (secondary N) is 1. The second-order valence-corrected chi connectivity index (χ2v) is 7.02. The summed E-state index contributed by atoms with van der Waals surface area (Å²) in [6.07, 6.45) is 7.46. The molecule has 3 aromatic rings. The van der Waals surface area contributed by atoms with Crippen LogP contribution in [0.1, 0.15) is 24.1 Å². The number of ether oxygens (including phenoxy) is 1. The standard InChI is InChI=1S/C19H17N5O2S/c1-26-19(25)24-23-15-6-2-4-12-7-8-14(22-17(12)15)16-11-21-18(27-16)13-5-3-9-20-10-13/h3,5,7-11H,2,4,6H2,1H3,(H,24,25)/b23-15+. The number of aryl methyl sites for hydroxylation is 1. The van der Waals surface area contributed by atoms with Gasteiger partial charge in [0.05, 0.1) is 29.1 Å². The van der Waals surface area contributed by atoms with Crippen molar-refractivity contribution in [1.29, 1.82) is 0 Å². The minimum atomic E-state index is -0.589. The van der Waals surface area contributed by atoms with E-state index in [0.29, 0.717) is 0 Å². The molecule has 0 saturated carbocycles. The normalized spacial score (nSPS) is 14.6. The molecule has 136 valence electrons. The molecule has 27 heavy (non-hydrogen) atoms. The van der Waals surface area contributed by atoms with Gasteiger partial charge in [-0.05, 0) is 43.0 Å². The van der Waals surface area contributed by atoms with Crippen molar-refractivity contribution < 1.29 is 9.53 Å². The zero-order valence-electron chi connectivity index (χ0n) is 14.7. The lowest BCUT2D eigenvalue weighted by atomic mass is 9.94. The van der Waals surface area contributed by atoms with Crippen molar-refractivity contribution in [3.05, 3.63) is 54.1 Å². The van der Waals surface area contributed by atoms with Gasteiger partial charge < -0.3 is 4.74 Å². The zero-order chi connectivity index (χ0) is 18.6. The Morgan fingerprint density at radius 3 is 3.00 bits per heavy atom. The number of aromatic nitrogens is 3. The van der Waals surface area contributed by atoms with Gasteiger partial charge in [0.2, 0.25) is 0 Å². The third-order valence-electron chi connectivity index (χ3n) is 4.25. The molecule has 1 N–H and O–H groups in total. The Morgan fingerprint density at radius 2 is 2.19 bits per heavy atom. The molecular formula is C19H17N5O2S. The number of carbonyl (C=O) groups is 1. The van der Waals surface area contributed by atoms with Crippen LogP contribution < -0.4 is 5.43 Å². The van der Waals surface area contributed by atoms with Crippen molar-refractivity contribution in [2.45, 2.75) is 19.3 Å². The Morgan fingerprint density at radius 1 is 1.26 bits per heavy atom. The maximum Gasteiger partial charge on any atom is 0.427 e. The van der Waals surface area contributed by atoms with E-state index in [2.05, 4.69) is 31.3 Å². The summed E-state index contributed by atoms with van der Waals surface area (Å²) in [7, 11) is 1.31. The maximum atomic E-state index is 11.3. The first-order valence-corrected chi connectivity index (χ1v) is 9.33. The number of thiazole rings is 1. The van der Waals surface area contributed by atoms with Crippen LogP contribution in [-0.2, 0) is 11.2 Å². The van der Waals surface area contributed by atoms with Crippen molar-refractivity contribution in [2.24, 2.45) is 5.10 Å². The fourth-order valence-corrected chi connectivity index (χ4v) is 3.80. The maximum absolute atomic E-state index is 11.3. The summed E-state index contributed by atoms with van der Waals surface area (Å²) < 4.78 is 4.58. The fourth-order valence-electron chi connectivity index (χ4n) is 2.92. The number of pyridine rings is 2. The number of hydrogen-bond acceptors (Lipinski definition) is 7. The van der Waals surface area contributed by atoms with Crippen LogP contribution in [0.5, 0.6) is 0 Å². The lowest BCUT2D eigenvalue weighted by molar-refractivity contribution is 0.171. The number of amides is 1. The molecule has 0 radical (unpaired) electrons. The van der Waals surface area contributed by atoms with Gasteiger partial charge in [-0.1, -0.05) is 6.07 Å². The summed E-state index contributed by atoms with van der Waals surface area (Å²) in [5.41, 5.74) is 6.94. The Balaban J connectivity index is 1.66. The van der Waals surface area contributed by atoms with E-state index in [1.807, 2.05) is 24.4 Å². The molecule has 0 aliphatic heterocycles. The number of rotatable bonds is 3. The lowest BCUT2D eigenvalue weighted by Gasteiger charge is -2.17. The molecule has 0 atom stereocenters. The van der Waals surface area contributed by atoms with E-state index in [4.69, 9.17) is 4.98 Å². The zero-order valence-corrected chi connectivity index (χ0v) is 15.5. The van der Waals surface area contributed by atoms with Crippen molar-refractivity contribution >= 4 is 23.1 Å². The Bertz CT molecular complexity index is 1000. The topological polar surface area (TPSA) is 89.4 Å². The van der Waals surface area contributed by atoms with Gasteiger partial charge in [0.15, 0.2) is 0 Å². The number of hydrogen-bond donors (Lipinski definition) is 1. The molecule has 1 aliphatic rings. The summed E-state index contributed by atoms with van der Waals surface area (Å²) >= 11 is 1.57. The number of nitrogens with zero attached hydrogens (tertiary/aromatic N) is 4. The summed E-state index contributed by atoms with van der Waals surface area (Å²) in [5, 5.41) is 5.09. The summed E-state index contributed by atoms with van der Waals surface area (Å²) in [5.74, 6) is 0. The van der Waals surface area contributed by atoms with E-state index in [0.717, 1.165) is 57.4 Å². The fraction of sp³-hybridized carbons (Fsp3) is 0.211. The third-order valence-corrected chi connectivity index (χ3v) is 5.31. The van der Waals surface area contributed by atoms with Crippen LogP contribution in [0, 0.1) is 0 Å². The molecule has 8 heteroatoms. The summed E-state index contributed by atoms with van der Waals surface area (Å²) in [4.78, 5) is 25.7. The third kappa shape index (κ3) is 3.70. The van der Waals surface area contributed by atoms with Crippen LogP contribution in [0.4, 0.5) is 4.79 Å². The molecule has 3 aromatic heterocycles. The molecular weight excluding hydrogens is 362 g/mol. The minimum absolute atomic E-state index is 0.589. The molecule has 0 aromatic carbocycles. The van der Waals surface area contributed by atoms with E-state index in [9.17, 15) is 4.79 Å². The lowest BCUT2D eigenvalue weighted by Crippen LogP contribution is -2.22. The van der Waals surface area contributed by atoms with Gasteiger partial charge in [-0.25, -0.2) is 20.2 Å². The predicted molar refractivity (Wildman–Crippen MR) is 104 cm³/mol. The van der Waals surface area contributed by atoms with Crippen molar-refractivity contribution in [3.8, 4) is 21.1 Å². The van der Waals surface area contributed by atoms with E-state index in [1.54, 1.807) is 23.7 Å². The highest BCUT2D eigenvalue weighted by Gasteiger charge is 2.19. The highest BCUT2D eigenvalue weighted by molar-refractivity contribution is 7.18. The van der Waals surface area contributed by atoms with Crippen molar-refractivity contribution in [1.82, 2.24) is 20.4 Å². The Hall–Kier alpha value is -3.13. The van der Waals surface area contributed by atoms with Crippen LogP contribution in [0.2, 0.25) is 0 Å². The van der Waals surface area contributed by atoms with Gasteiger partial charge in [0.1, 0.15) is 5.01 Å². The highest BCUT2D eigenvalue weighted by atomic mass is 32.1. The molecule has 3 heterocycles. The molecule has 4 rings (SSSR count). The minimum Gasteiger partial charge on any atom is -0.452 e. The van der Waals surface area contributed by atoms with Crippen LogP contribution in [-0.4, -0.2) is 33.9 Å². The number of methoxy groups -OCH3 is 1. The van der Waals surface area contributed by atoms with Gasteiger partial charge in [-0.2, -0.15) is 5.10 Å². The molecule has 0 unspecified atom stereocenters. The molecule has 0 spiro atoms. The second-order valence-electron chi connectivity index (χ2n) is 5.99. The van der Waals surface area contributed by atoms with Gasteiger partial charge >= 0.3 is 6.09 Å². The van der Waals surface area contributed by atoms with Crippen LogP contribution in [0.25, 0.3) is 21.1 Å².